The summed E-state index contributed by atoms with van der Waals surface area (Å²) in [5.74, 6) is -1.25. The number of carbonyl (C=O) groups excluding carboxylic acids is 2. The number of ether oxygens (including phenoxy) is 2. The zero-order chi connectivity index (χ0) is 28.1. The van der Waals surface area contributed by atoms with Crippen LogP contribution in [0.15, 0.2) is 0 Å². The maximum atomic E-state index is 13.1. The molecule has 0 aromatic carbocycles. The summed E-state index contributed by atoms with van der Waals surface area (Å²) >= 11 is 0. The van der Waals surface area contributed by atoms with Crippen LogP contribution in [0.4, 0.5) is 0 Å². The maximum absolute atomic E-state index is 13.1. The fourth-order valence-electron chi connectivity index (χ4n) is 6.28. The van der Waals surface area contributed by atoms with Gasteiger partial charge in [-0.3, -0.25) is 9.59 Å². The molecule has 0 bridgehead atoms. The lowest BCUT2D eigenvalue weighted by atomic mass is 9.75. The topological polar surface area (TPSA) is 105 Å². The van der Waals surface area contributed by atoms with E-state index in [0.717, 1.165) is 10.1 Å². The van der Waals surface area contributed by atoms with Gasteiger partial charge in [0.2, 0.25) is 0 Å². The number of hydrogen-bond acceptors (Lipinski definition) is 8. The normalized spacial score (nSPS) is 25.4. The first-order valence-electron chi connectivity index (χ1n) is 13.3. The summed E-state index contributed by atoms with van der Waals surface area (Å²) < 4.78 is 11.9. The van der Waals surface area contributed by atoms with Gasteiger partial charge in [-0.05, 0) is 122 Å². The fourth-order valence-corrected chi connectivity index (χ4v) is 6.28. The monoisotopic (exact) mass is 510 g/mol. The van der Waals surface area contributed by atoms with Gasteiger partial charge in [-0.1, -0.05) is 0 Å². The van der Waals surface area contributed by atoms with E-state index in [1.165, 1.54) is 0 Å². The molecule has 0 amide bonds. The van der Waals surface area contributed by atoms with Gasteiger partial charge in [0.15, 0.2) is 0 Å². The van der Waals surface area contributed by atoms with E-state index in [9.17, 15) is 20.0 Å². The molecular formula is C28H50N2O6-2. The Morgan fingerprint density at radius 1 is 0.639 bits per heavy atom. The van der Waals surface area contributed by atoms with Gasteiger partial charge in [0.25, 0.3) is 0 Å². The van der Waals surface area contributed by atoms with Crippen molar-refractivity contribution in [2.45, 2.75) is 155 Å². The van der Waals surface area contributed by atoms with Crippen LogP contribution >= 0.6 is 0 Å². The van der Waals surface area contributed by atoms with Gasteiger partial charge < -0.3 is 30.0 Å². The van der Waals surface area contributed by atoms with Crippen molar-refractivity contribution >= 4 is 11.9 Å². The Morgan fingerprint density at radius 3 is 1.08 bits per heavy atom. The molecule has 36 heavy (non-hydrogen) atoms. The van der Waals surface area contributed by atoms with Crippen molar-refractivity contribution in [3.8, 4) is 0 Å². The van der Waals surface area contributed by atoms with Crippen molar-refractivity contribution in [2.24, 2.45) is 11.8 Å². The summed E-state index contributed by atoms with van der Waals surface area (Å²) in [6, 6.07) is 0. The molecule has 0 aromatic rings. The molecule has 8 nitrogen and oxygen atoms in total. The summed E-state index contributed by atoms with van der Waals surface area (Å²) in [6.45, 7) is 22.4. The second-order valence-corrected chi connectivity index (χ2v) is 14.9. The average Bonchev–Trinajstić information content (AvgIpc) is 2.67. The molecule has 0 spiro atoms. The summed E-state index contributed by atoms with van der Waals surface area (Å²) in [5.41, 5.74) is -4.06. The van der Waals surface area contributed by atoms with Crippen LogP contribution in [0.1, 0.15) is 122 Å². The van der Waals surface area contributed by atoms with E-state index in [2.05, 4.69) is 0 Å². The standard InChI is InChI=1S/C28H50N2O6/c1-23(2)15-19(16-24(3,4)29(23)33)21(31)35-27(9,10)13-14-28(11,12)36-22(32)20-17-25(5,6)30(34)26(7,8)18-20/h19-20H,13-18H2,1-12H3/q-2. The molecule has 0 unspecified atom stereocenters. The van der Waals surface area contributed by atoms with E-state index >= 15 is 0 Å². The molecule has 0 radical (unpaired) electrons. The maximum Gasteiger partial charge on any atom is 0.309 e. The Balaban J connectivity index is 1.97. The molecule has 0 N–H and O–H groups in total. The van der Waals surface area contributed by atoms with Gasteiger partial charge in [0.05, 0.1) is 11.8 Å². The van der Waals surface area contributed by atoms with E-state index in [1.807, 2.05) is 83.1 Å². The van der Waals surface area contributed by atoms with Gasteiger partial charge in [0.1, 0.15) is 11.2 Å². The minimum absolute atomic E-state index is 0.280. The lowest BCUT2D eigenvalue weighted by molar-refractivity contribution is -0.175. The largest absolute Gasteiger partial charge is 0.784 e. The molecule has 2 heterocycles. The van der Waals surface area contributed by atoms with Crippen LogP contribution in [-0.4, -0.2) is 55.4 Å². The van der Waals surface area contributed by atoms with Crippen LogP contribution < -0.4 is 0 Å². The Hall–Kier alpha value is -1.22. The third-order valence-corrected chi connectivity index (χ3v) is 7.93. The molecular weight excluding hydrogens is 460 g/mol. The molecule has 2 saturated heterocycles. The minimum Gasteiger partial charge on any atom is -0.784 e. The first-order valence-corrected chi connectivity index (χ1v) is 13.3. The first kappa shape index (κ1) is 31.0. The van der Waals surface area contributed by atoms with Gasteiger partial charge >= 0.3 is 11.9 Å². The van der Waals surface area contributed by atoms with E-state index in [1.54, 1.807) is 0 Å². The van der Waals surface area contributed by atoms with E-state index < -0.39 is 33.4 Å². The van der Waals surface area contributed by atoms with Crippen molar-refractivity contribution in [3.05, 3.63) is 10.4 Å². The molecule has 210 valence electrons. The number of rotatable bonds is 7. The highest BCUT2D eigenvalue weighted by molar-refractivity contribution is 5.74. The van der Waals surface area contributed by atoms with Gasteiger partial charge in [0, 0.05) is 22.2 Å². The van der Waals surface area contributed by atoms with Crippen LogP contribution in [-0.2, 0) is 19.1 Å². The van der Waals surface area contributed by atoms with Crippen LogP contribution in [0.5, 0.6) is 0 Å². The Bertz CT molecular complexity index is 726. The second kappa shape index (κ2) is 9.83. The predicted octanol–water partition coefficient (Wildman–Crippen LogP) is 5.94. The van der Waals surface area contributed by atoms with Crippen LogP contribution in [0.3, 0.4) is 0 Å². The fraction of sp³-hybridized carbons (Fsp3) is 0.929. The highest BCUT2D eigenvalue weighted by atomic mass is 16.6. The quantitative estimate of drug-likeness (QED) is 0.387. The van der Waals surface area contributed by atoms with Crippen molar-refractivity contribution in [1.82, 2.24) is 10.1 Å². The zero-order valence-electron chi connectivity index (χ0n) is 24.7. The highest BCUT2D eigenvalue weighted by Crippen LogP contribution is 2.43. The molecule has 2 aliphatic heterocycles. The average molecular weight is 511 g/mol. The zero-order valence-corrected chi connectivity index (χ0v) is 24.7. The third-order valence-electron chi connectivity index (χ3n) is 7.93. The lowest BCUT2D eigenvalue weighted by Crippen LogP contribution is -2.59. The number of nitrogens with zero attached hydrogens (tertiary/aromatic N) is 2. The number of piperidine rings is 2. The molecule has 2 fully saturated rings. The molecule has 0 aliphatic carbocycles. The third kappa shape index (κ3) is 7.21. The van der Waals surface area contributed by atoms with E-state index in [0.29, 0.717) is 38.5 Å². The van der Waals surface area contributed by atoms with E-state index in [-0.39, 0.29) is 23.8 Å². The predicted molar refractivity (Wildman–Crippen MR) is 142 cm³/mol. The summed E-state index contributed by atoms with van der Waals surface area (Å²) in [6.07, 6.45) is 2.84. The first-order chi connectivity index (χ1) is 15.9. The van der Waals surface area contributed by atoms with Gasteiger partial charge in [-0.2, -0.15) is 0 Å². The van der Waals surface area contributed by atoms with Crippen molar-refractivity contribution < 1.29 is 19.1 Å². The van der Waals surface area contributed by atoms with E-state index in [4.69, 9.17) is 9.47 Å². The smallest absolute Gasteiger partial charge is 0.309 e. The molecule has 8 heteroatoms. The molecule has 2 aliphatic rings. The second-order valence-electron chi connectivity index (χ2n) is 14.9. The van der Waals surface area contributed by atoms with Crippen molar-refractivity contribution in [3.63, 3.8) is 0 Å². The summed E-state index contributed by atoms with van der Waals surface area (Å²) in [5, 5.41) is 27.5. The van der Waals surface area contributed by atoms with Crippen molar-refractivity contribution in [2.75, 3.05) is 0 Å². The molecule has 0 atom stereocenters. The van der Waals surface area contributed by atoms with Crippen molar-refractivity contribution in [1.29, 1.82) is 0 Å². The van der Waals surface area contributed by atoms with Gasteiger partial charge in [-0.25, -0.2) is 0 Å². The number of esters is 2. The minimum atomic E-state index is -0.748. The highest BCUT2D eigenvalue weighted by Gasteiger charge is 2.46. The van der Waals surface area contributed by atoms with Crippen LogP contribution in [0.25, 0.3) is 0 Å². The molecule has 0 aromatic heterocycles. The SMILES string of the molecule is CC(C)(CCC(C)(C)OC(=O)C1CC(C)(C)N([O-])C(C)(C)C1)OC(=O)C1CC(C)(C)N([O-])C(C)(C)C1. The Morgan fingerprint density at radius 2 is 0.861 bits per heavy atom. The number of hydroxylamine groups is 4. The number of hydrogen-bond donors (Lipinski definition) is 0. The summed E-state index contributed by atoms with van der Waals surface area (Å²) in [7, 11) is 0. The van der Waals surface area contributed by atoms with Gasteiger partial charge in [-0.15, -0.1) is 0 Å². The Labute approximate surface area is 218 Å². The Kier molecular flexibility index (Phi) is 8.46. The molecule has 2 rings (SSSR count). The summed E-state index contributed by atoms with van der Waals surface area (Å²) in [4.78, 5) is 26.2. The van der Waals surface area contributed by atoms with Crippen LogP contribution in [0, 0.1) is 22.3 Å². The molecule has 0 saturated carbocycles. The lowest BCUT2D eigenvalue weighted by Gasteiger charge is -2.59. The number of carbonyl (C=O) groups is 2. The van der Waals surface area contributed by atoms with Crippen LogP contribution in [0.2, 0.25) is 0 Å².